The number of carbonyl (C=O) groups is 3. The van der Waals surface area contributed by atoms with Gasteiger partial charge in [-0.15, -0.1) is 0 Å². The van der Waals surface area contributed by atoms with Crippen LogP contribution in [0.5, 0.6) is 0 Å². The van der Waals surface area contributed by atoms with Gasteiger partial charge in [0.15, 0.2) is 5.69 Å². The van der Waals surface area contributed by atoms with Crippen molar-refractivity contribution in [1.82, 2.24) is 20.4 Å². The van der Waals surface area contributed by atoms with Gasteiger partial charge in [-0.25, -0.2) is 0 Å². The van der Waals surface area contributed by atoms with E-state index in [1.54, 1.807) is 38.2 Å². The van der Waals surface area contributed by atoms with E-state index < -0.39 is 11.8 Å². The fraction of sp³-hybridized carbons (Fsp3) is 0.250. The van der Waals surface area contributed by atoms with Crippen LogP contribution in [0.15, 0.2) is 30.3 Å². The van der Waals surface area contributed by atoms with Gasteiger partial charge in [-0.1, -0.05) is 23.7 Å². The number of hydrogen-bond acceptors (Lipinski definition) is 4. The number of amides is 3. The van der Waals surface area contributed by atoms with Crippen LogP contribution < -0.4 is 16.0 Å². The lowest BCUT2D eigenvalue weighted by atomic mass is 10.2. The van der Waals surface area contributed by atoms with Gasteiger partial charge in [0.05, 0.1) is 17.1 Å². The molecule has 0 aliphatic heterocycles. The van der Waals surface area contributed by atoms with Crippen LogP contribution in [0.3, 0.4) is 0 Å². The molecular weight excluding hydrogens is 346 g/mol. The van der Waals surface area contributed by atoms with E-state index >= 15 is 0 Å². The molecule has 0 bridgehead atoms. The van der Waals surface area contributed by atoms with E-state index in [-0.39, 0.29) is 18.1 Å². The van der Waals surface area contributed by atoms with Crippen LogP contribution in [-0.4, -0.2) is 40.6 Å². The van der Waals surface area contributed by atoms with Gasteiger partial charge in [0.1, 0.15) is 5.82 Å². The SMILES string of the molecule is CCNC(=O)CNC(=O)c1cc(NC(=O)c2ccccc2Cl)n(C)n1. The van der Waals surface area contributed by atoms with Crippen molar-refractivity contribution in [2.24, 2.45) is 7.05 Å². The van der Waals surface area contributed by atoms with Gasteiger partial charge in [-0.3, -0.25) is 19.1 Å². The molecule has 25 heavy (non-hydrogen) atoms. The van der Waals surface area contributed by atoms with Crippen molar-refractivity contribution in [3.8, 4) is 0 Å². The molecule has 0 unspecified atom stereocenters. The number of aromatic nitrogens is 2. The third-order valence-electron chi connectivity index (χ3n) is 3.26. The molecular formula is C16H18ClN5O3. The van der Waals surface area contributed by atoms with Crippen LogP contribution in [0.25, 0.3) is 0 Å². The van der Waals surface area contributed by atoms with Crippen molar-refractivity contribution in [3.63, 3.8) is 0 Å². The molecule has 3 N–H and O–H groups in total. The number of nitrogens with one attached hydrogen (secondary N) is 3. The Morgan fingerprint density at radius 1 is 1.16 bits per heavy atom. The van der Waals surface area contributed by atoms with E-state index in [2.05, 4.69) is 21.0 Å². The molecule has 2 rings (SSSR count). The lowest BCUT2D eigenvalue weighted by Crippen LogP contribution is -2.36. The maximum atomic E-state index is 12.3. The lowest BCUT2D eigenvalue weighted by molar-refractivity contribution is -0.120. The second-order valence-corrected chi connectivity index (χ2v) is 5.52. The molecule has 3 amide bonds. The van der Waals surface area contributed by atoms with E-state index in [4.69, 9.17) is 11.6 Å². The van der Waals surface area contributed by atoms with Gasteiger partial charge in [-0.2, -0.15) is 5.10 Å². The predicted octanol–water partition coefficient (Wildman–Crippen LogP) is 1.19. The van der Waals surface area contributed by atoms with E-state index in [1.807, 2.05) is 0 Å². The summed E-state index contributed by atoms with van der Waals surface area (Å²) in [7, 11) is 1.59. The summed E-state index contributed by atoms with van der Waals surface area (Å²) in [4.78, 5) is 35.7. The number of nitrogens with zero attached hydrogens (tertiary/aromatic N) is 2. The first kappa shape index (κ1) is 18.5. The molecule has 1 aromatic carbocycles. The number of hydrogen-bond donors (Lipinski definition) is 3. The van der Waals surface area contributed by atoms with E-state index in [9.17, 15) is 14.4 Å². The zero-order valence-electron chi connectivity index (χ0n) is 13.8. The maximum Gasteiger partial charge on any atom is 0.272 e. The molecule has 0 aliphatic carbocycles. The van der Waals surface area contributed by atoms with Crippen molar-refractivity contribution in [3.05, 3.63) is 46.6 Å². The van der Waals surface area contributed by atoms with Crippen molar-refractivity contribution in [2.75, 3.05) is 18.4 Å². The highest BCUT2D eigenvalue weighted by Crippen LogP contribution is 2.17. The van der Waals surface area contributed by atoms with Crippen LogP contribution >= 0.6 is 11.6 Å². The topological polar surface area (TPSA) is 105 Å². The van der Waals surface area contributed by atoms with Crippen LogP contribution in [0.1, 0.15) is 27.8 Å². The minimum absolute atomic E-state index is 0.0845. The Bertz CT molecular complexity index is 803. The van der Waals surface area contributed by atoms with Gasteiger partial charge in [0.25, 0.3) is 11.8 Å². The zero-order chi connectivity index (χ0) is 18.4. The number of likely N-dealkylation sites (N-methyl/N-ethyl adjacent to an activating group) is 1. The molecule has 0 fully saturated rings. The fourth-order valence-corrected chi connectivity index (χ4v) is 2.26. The molecule has 0 saturated heterocycles. The minimum Gasteiger partial charge on any atom is -0.355 e. The molecule has 1 heterocycles. The second kappa shape index (κ2) is 8.29. The summed E-state index contributed by atoms with van der Waals surface area (Å²) in [5.41, 5.74) is 0.397. The number of anilines is 1. The molecule has 0 radical (unpaired) electrons. The van der Waals surface area contributed by atoms with Gasteiger partial charge in [0, 0.05) is 19.7 Å². The number of carbonyl (C=O) groups excluding carboxylic acids is 3. The Morgan fingerprint density at radius 3 is 2.56 bits per heavy atom. The van der Waals surface area contributed by atoms with E-state index in [1.165, 1.54) is 10.7 Å². The van der Waals surface area contributed by atoms with Crippen LogP contribution in [0.4, 0.5) is 5.82 Å². The average molecular weight is 364 g/mol. The lowest BCUT2D eigenvalue weighted by Gasteiger charge is -2.06. The molecule has 8 nitrogen and oxygen atoms in total. The highest BCUT2D eigenvalue weighted by molar-refractivity contribution is 6.34. The maximum absolute atomic E-state index is 12.3. The standard InChI is InChI=1S/C16H18ClN5O3/c1-3-18-14(23)9-19-16(25)12-8-13(22(2)21-12)20-15(24)10-6-4-5-7-11(10)17/h4-8H,3,9H2,1-2H3,(H,18,23)(H,19,25)(H,20,24). The summed E-state index contributed by atoms with van der Waals surface area (Å²) in [6, 6.07) is 8.04. The Balaban J connectivity index is 2.04. The normalized spacial score (nSPS) is 10.2. The third-order valence-corrected chi connectivity index (χ3v) is 3.59. The quantitative estimate of drug-likeness (QED) is 0.716. The molecule has 1 aromatic heterocycles. The molecule has 9 heteroatoms. The number of halogens is 1. The number of aryl methyl sites for hydroxylation is 1. The molecule has 2 aromatic rings. The van der Waals surface area contributed by atoms with Crippen LogP contribution in [-0.2, 0) is 11.8 Å². The number of benzene rings is 1. The first-order chi connectivity index (χ1) is 11.9. The monoisotopic (exact) mass is 363 g/mol. The molecule has 132 valence electrons. The van der Waals surface area contributed by atoms with Crippen LogP contribution in [0, 0.1) is 0 Å². The van der Waals surface area contributed by atoms with Crippen molar-refractivity contribution in [1.29, 1.82) is 0 Å². The van der Waals surface area contributed by atoms with E-state index in [0.29, 0.717) is 22.9 Å². The smallest absolute Gasteiger partial charge is 0.272 e. The van der Waals surface area contributed by atoms with Crippen molar-refractivity contribution >= 4 is 35.1 Å². The van der Waals surface area contributed by atoms with Crippen molar-refractivity contribution in [2.45, 2.75) is 6.92 Å². The fourth-order valence-electron chi connectivity index (χ4n) is 2.03. The Morgan fingerprint density at radius 2 is 1.88 bits per heavy atom. The summed E-state index contributed by atoms with van der Waals surface area (Å²) in [5.74, 6) is -0.893. The van der Waals surface area contributed by atoms with E-state index in [0.717, 1.165) is 0 Å². The molecule has 0 spiro atoms. The third kappa shape index (κ3) is 4.80. The second-order valence-electron chi connectivity index (χ2n) is 5.11. The number of rotatable bonds is 6. The summed E-state index contributed by atoms with van der Waals surface area (Å²) in [6.45, 7) is 2.12. The molecule has 0 saturated carbocycles. The minimum atomic E-state index is -0.514. The molecule has 0 aliphatic rings. The van der Waals surface area contributed by atoms with Crippen molar-refractivity contribution < 1.29 is 14.4 Å². The molecule has 0 atom stereocenters. The highest BCUT2D eigenvalue weighted by Gasteiger charge is 2.16. The average Bonchev–Trinajstić information content (AvgIpc) is 2.94. The predicted molar refractivity (Wildman–Crippen MR) is 93.6 cm³/mol. The largest absolute Gasteiger partial charge is 0.355 e. The van der Waals surface area contributed by atoms with Gasteiger partial charge in [0.2, 0.25) is 5.91 Å². The highest BCUT2D eigenvalue weighted by atomic mass is 35.5. The first-order valence-corrected chi connectivity index (χ1v) is 7.95. The zero-order valence-corrected chi connectivity index (χ0v) is 14.6. The summed E-state index contributed by atoms with van der Waals surface area (Å²) >= 11 is 5.99. The summed E-state index contributed by atoms with van der Waals surface area (Å²) in [5, 5.41) is 12.0. The summed E-state index contributed by atoms with van der Waals surface area (Å²) in [6.07, 6.45) is 0. The van der Waals surface area contributed by atoms with Crippen LogP contribution in [0.2, 0.25) is 5.02 Å². The Kier molecular flexibility index (Phi) is 6.13. The Hall–Kier alpha value is -2.87. The Labute approximate surface area is 149 Å². The van der Waals surface area contributed by atoms with Gasteiger partial charge < -0.3 is 16.0 Å². The summed E-state index contributed by atoms with van der Waals surface area (Å²) < 4.78 is 1.36. The first-order valence-electron chi connectivity index (χ1n) is 7.57. The van der Waals surface area contributed by atoms with Gasteiger partial charge >= 0.3 is 0 Å². The van der Waals surface area contributed by atoms with Gasteiger partial charge in [-0.05, 0) is 19.1 Å².